The Kier molecular flexibility index (Phi) is 2.39. The first-order valence-corrected chi connectivity index (χ1v) is 4.48. The molecule has 0 amide bonds. The van der Waals surface area contributed by atoms with Crippen molar-refractivity contribution in [2.75, 3.05) is 0 Å². The molecule has 0 spiro atoms. The van der Waals surface area contributed by atoms with E-state index in [1.54, 1.807) is 0 Å². The van der Waals surface area contributed by atoms with Gasteiger partial charge in [-0.2, -0.15) is 0 Å². The van der Waals surface area contributed by atoms with E-state index >= 15 is 0 Å². The summed E-state index contributed by atoms with van der Waals surface area (Å²) in [5, 5.41) is 9.16. The Bertz CT molecular complexity index is 101. The third-order valence-corrected chi connectivity index (χ3v) is 3.23. The van der Waals surface area contributed by atoms with Crippen molar-refractivity contribution in [2.45, 2.75) is 31.8 Å². The Morgan fingerprint density at radius 3 is 2.62 bits per heavy atom. The summed E-state index contributed by atoms with van der Waals surface area (Å²) < 4.78 is 1.36. The van der Waals surface area contributed by atoms with Crippen molar-refractivity contribution in [2.24, 2.45) is 0 Å². The van der Waals surface area contributed by atoms with E-state index < -0.39 is 0 Å². The molecule has 1 fully saturated rings. The summed E-state index contributed by atoms with van der Waals surface area (Å²) in [5.74, 6) is 0. The molecule has 0 saturated heterocycles. The van der Waals surface area contributed by atoms with Crippen LogP contribution in [0, 0.1) is 0 Å². The van der Waals surface area contributed by atoms with Crippen molar-refractivity contribution in [1.82, 2.24) is 0 Å². The van der Waals surface area contributed by atoms with Crippen molar-refractivity contribution >= 4 is 3.90 Å². The van der Waals surface area contributed by atoms with Gasteiger partial charge in [0, 0.05) is 0 Å². The van der Waals surface area contributed by atoms with Crippen LogP contribution in [0.5, 0.6) is 0 Å². The van der Waals surface area contributed by atoms with Gasteiger partial charge in [0.25, 0.3) is 0 Å². The van der Waals surface area contributed by atoms with Crippen molar-refractivity contribution in [3.63, 3.8) is 0 Å². The fourth-order valence-corrected chi connectivity index (χ4v) is 1.91. The molecule has 1 nitrogen and oxygen atoms in total. The van der Waals surface area contributed by atoms with Gasteiger partial charge in [-0.3, -0.25) is 0 Å². The summed E-state index contributed by atoms with van der Waals surface area (Å²) in [6.45, 7) is 0. The van der Waals surface area contributed by atoms with Gasteiger partial charge in [-0.15, -0.1) is 0 Å². The van der Waals surface area contributed by atoms with Crippen LogP contribution in [0.1, 0.15) is 25.7 Å². The second-order valence-electron chi connectivity index (χ2n) is 2.23. The van der Waals surface area contributed by atoms with E-state index in [0.29, 0.717) is 0 Å². The van der Waals surface area contributed by atoms with Crippen LogP contribution >= 0.6 is 0 Å². The Balaban J connectivity index is 2.39. The Morgan fingerprint density at radius 2 is 2.25 bits per heavy atom. The van der Waals surface area contributed by atoms with Gasteiger partial charge in [0.1, 0.15) is 0 Å². The predicted octanol–water partition coefficient (Wildman–Crippen LogP) is 0.641. The molecular weight excluding hydrogens is 272 g/mol. The third-order valence-electron chi connectivity index (χ3n) is 1.52. The molecule has 1 aliphatic carbocycles. The van der Waals surface area contributed by atoms with Gasteiger partial charge < -0.3 is 0 Å². The Labute approximate surface area is 60.5 Å². The quantitative estimate of drug-likeness (QED) is 0.691. The predicted molar refractivity (Wildman–Crippen MR) is 29.5 cm³/mol. The van der Waals surface area contributed by atoms with Crippen LogP contribution < -0.4 is 0 Å². The molecule has 0 radical (unpaired) electrons. The van der Waals surface area contributed by atoms with E-state index in [2.05, 4.69) is 0 Å². The van der Waals surface area contributed by atoms with Crippen molar-refractivity contribution in [3.8, 4) is 0 Å². The molecule has 0 aromatic carbocycles. The standard InChI is InChI=1S/C6H10O.W/c7-6-4-2-1-3-5-6;/h6-7H,1-4H2;. The van der Waals surface area contributed by atoms with E-state index in [-0.39, 0.29) is 6.10 Å². The third kappa shape index (κ3) is 1.50. The van der Waals surface area contributed by atoms with E-state index in [4.69, 9.17) is 5.11 Å². The van der Waals surface area contributed by atoms with Crippen LogP contribution in [0.4, 0.5) is 0 Å². The topological polar surface area (TPSA) is 20.2 Å². The Hall–Kier alpha value is 0.518. The van der Waals surface area contributed by atoms with Crippen LogP contribution in [0.3, 0.4) is 0 Å². The molecule has 2 heteroatoms. The van der Waals surface area contributed by atoms with Crippen LogP contribution in [-0.2, 0) is 19.4 Å². The summed E-state index contributed by atoms with van der Waals surface area (Å²) in [5.41, 5.74) is 0. The van der Waals surface area contributed by atoms with Gasteiger partial charge in [-0.1, -0.05) is 0 Å². The van der Waals surface area contributed by atoms with Crippen LogP contribution in [0.2, 0.25) is 0 Å². The summed E-state index contributed by atoms with van der Waals surface area (Å²) in [4.78, 5) is 0. The van der Waals surface area contributed by atoms with Crippen molar-refractivity contribution < 1.29 is 24.5 Å². The molecule has 0 aromatic rings. The zero-order valence-electron chi connectivity index (χ0n) is 4.76. The molecule has 1 N–H and O–H groups in total. The summed E-state index contributed by atoms with van der Waals surface area (Å²) in [7, 11) is 0. The maximum absolute atomic E-state index is 9.16. The molecule has 0 aliphatic heterocycles. The Morgan fingerprint density at radius 1 is 1.50 bits per heavy atom. The SMILES string of the molecule is OC1CCCC[C]1=[W]. The van der Waals surface area contributed by atoms with E-state index in [0.717, 1.165) is 6.42 Å². The zero-order chi connectivity index (χ0) is 5.98. The van der Waals surface area contributed by atoms with Crippen LogP contribution in [0.25, 0.3) is 0 Å². The van der Waals surface area contributed by atoms with Gasteiger partial charge in [0.15, 0.2) is 0 Å². The first-order valence-electron chi connectivity index (χ1n) is 3.01. The fourth-order valence-electron chi connectivity index (χ4n) is 0.965. The van der Waals surface area contributed by atoms with Gasteiger partial charge in [0.05, 0.1) is 0 Å². The zero-order valence-corrected chi connectivity index (χ0v) is 7.69. The summed E-state index contributed by atoms with van der Waals surface area (Å²) >= 11 is 1.48. The van der Waals surface area contributed by atoms with Gasteiger partial charge in [-0.05, 0) is 0 Å². The molecule has 1 unspecified atom stereocenters. The van der Waals surface area contributed by atoms with E-state index in [9.17, 15) is 0 Å². The first kappa shape index (κ1) is 6.64. The van der Waals surface area contributed by atoms with Crippen LogP contribution in [-0.4, -0.2) is 15.1 Å². The van der Waals surface area contributed by atoms with Crippen molar-refractivity contribution in [1.29, 1.82) is 0 Å². The minimum absolute atomic E-state index is 0.0428. The molecule has 1 saturated carbocycles. The number of rotatable bonds is 0. The molecular formula is C6H10OW. The molecule has 0 aromatic heterocycles. The van der Waals surface area contributed by atoms with Gasteiger partial charge in [0.2, 0.25) is 0 Å². The minimum atomic E-state index is -0.0428. The summed E-state index contributed by atoms with van der Waals surface area (Å²) in [6.07, 6.45) is 4.67. The van der Waals surface area contributed by atoms with Crippen LogP contribution in [0.15, 0.2) is 0 Å². The molecule has 8 heavy (non-hydrogen) atoms. The average molecular weight is 282 g/mol. The normalized spacial score (nSPS) is 30.6. The molecule has 0 bridgehead atoms. The van der Waals surface area contributed by atoms with E-state index in [1.165, 1.54) is 42.5 Å². The molecule has 1 rings (SSSR count). The second kappa shape index (κ2) is 2.89. The number of hydrogen-bond acceptors (Lipinski definition) is 1. The number of aliphatic hydroxyl groups excluding tert-OH is 1. The maximum atomic E-state index is 9.16. The average Bonchev–Trinajstić information content (AvgIpc) is 1.77. The summed E-state index contributed by atoms with van der Waals surface area (Å²) in [6, 6.07) is 0. The molecule has 46 valence electrons. The number of hydrogen-bond donors (Lipinski definition) is 1. The van der Waals surface area contributed by atoms with E-state index in [1.807, 2.05) is 0 Å². The molecule has 1 aliphatic rings. The molecule has 0 heterocycles. The first-order chi connectivity index (χ1) is 3.80. The number of aliphatic hydroxyl groups is 1. The molecule has 1 atom stereocenters. The van der Waals surface area contributed by atoms with Gasteiger partial charge in [-0.25, -0.2) is 0 Å². The van der Waals surface area contributed by atoms with Gasteiger partial charge >= 0.3 is 60.1 Å². The van der Waals surface area contributed by atoms with Crippen molar-refractivity contribution in [3.05, 3.63) is 0 Å². The second-order valence-corrected chi connectivity index (χ2v) is 4.11. The fraction of sp³-hybridized carbons (Fsp3) is 0.833. The monoisotopic (exact) mass is 282 g/mol.